The smallest absolute Gasteiger partial charge is 0.0917 e. The molecule has 0 unspecified atom stereocenters. The Hall–Kier alpha value is -0.570. The van der Waals surface area contributed by atoms with Gasteiger partial charge in [-0.2, -0.15) is 0 Å². The van der Waals surface area contributed by atoms with E-state index in [1.165, 1.54) is 0 Å². The predicted octanol–water partition coefficient (Wildman–Crippen LogP) is 1.93. The molecule has 0 aromatic heterocycles. The third kappa shape index (κ3) is 3.35. The zero-order valence-electron chi connectivity index (χ0n) is 7.87. The molecule has 0 bridgehead atoms. The summed E-state index contributed by atoms with van der Waals surface area (Å²) in [5.41, 5.74) is 0.862. The van der Waals surface area contributed by atoms with E-state index in [-0.39, 0.29) is 0 Å². The zero-order valence-corrected chi connectivity index (χ0v) is 8.62. The van der Waals surface area contributed by atoms with Gasteiger partial charge in [-0.25, -0.2) is 0 Å². The molecule has 1 N–H and O–H groups in total. The minimum absolute atomic E-state index is 0.464. The van der Waals surface area contributed by atoms with E-state index in [0.717, 1.165) is 5.56 Å². The summed E-state index contributed by atoms with van der Waals surface area (Å²) in [5, 5.41) is 10.4. The van der Waals surface area contributed by atoms with Crippen molar-refractivity contribution in [2.24, 2.45) is 0 Å². The average Bonchev–Trinajstić information content (AvgIpc) is 2.03. The van der Waals surface area contributed by atoms with Crippen LogP contribution in [0, 0.1) is 0 Å². The SMILES string of the molecule is CN(C)C[C@@H](O)c1cccc(Cl)c1. The maximum Gasteiger partial charge on any atom is 0.0917 e. The van der Waals surface area contributed by atoms with Crippen LogP contribution in [-0.2, 0) is 0 Å². The molecule has 0 saturated carbocycles. The van der Waals surface area contributed by atoms with Crippen LogP contribution < -0.4 is 0 Å². The highest BCUT2D eigenvalue weighted by atomic mass is 35.5. The van der Waals surface area contributed by atoms with Crippen LogP contribution in [0.25, 0.3) is 0 Å². The molecule has 1 aromatic carbocycles. The molecule has 0 saturated heterocycles. The standard InChI is InChI=1S/C10H14ClNO/c1-12(2)7-10(13)8-4-3-5-9(11)6-8/h3-6,10,13H,7H2,1-2H3/t10-/m1/s1. The number of aliphatic hydroxyl groups is 1. The molecule has 0 amide bonds. The summed E-state index contributed by atoms with van der Waals surface area (Å²) in [4.78, 5) is 1.94. The molecule has 2 nitrogen and oxygen atoms in total. The monoisotopic (exact) mass is 199 g/mol. The van der Waals surface area contributed by atoms with Crippen LogP contribution in [-0.4, -0.2) is 30.6 Å². The molecule has 1 atom stereocenters. The van der Waals surface area contributed by atoms with Crippen molar-refractivity contribution in [1.29, 1.82) is 0 Å². The van der Waals surface area contributed by atoms with Gasteiger partial charge in [-0.05, 0) is 31.8 Å². The molecule has 1 rings (SSSR count). The van der Waals surface area contributed by atoms with Crippen molar-refractivity contribution in [3.63, 3.8) is 0 Å². The van der Waals surface area contributed by atoms with Gasteiger partial charge in [0.05, 0.1) is 6.10 Å². The van der Waals surface area contributed by atoms with E-state index in [4.69, 9.17) is 11.6 Å². The van der Waals surface area contributed by atoms with Crippen molar-refractivity contribution in [2.75, 3.05) is 20.6 Å². The highest BCUT2D eigenvalue weighted by molar-refractivity contribution is 6.30. The highest BCUT2D eigenvalue weighted by Crippen LogP contribution is 2.17. The van der Waals surface area contributed by atoms with Crippen molar-refractivity contribution in [3.05, 3.63) is 34.9 Å². The van der Waals surface area contributed by atoms with E-state index in [2.05, 4.69) is 0 Å². The molecular weight excluding hydrogens is 186 g/mol. The summed E-state index contributed by atoms with van der Waals surface area (Å²) < 4.78 is 0. The topological polar surface area (TPSA) is 23.5 Å². The number of hydrogen-bond donors (Lipinski definition) is 1. The Morgan fingerprint density at radius 1 is 1.46 bits per heavy atom. The molecule has 1 aromatic rings. The largest absolute Gasteiger partial charge is 0.387 e. The van der Waals surface area contributed by atoms with Gasteiger partial charge in [0.1, 0.15) is 0 Å². The fourth-order valence-corrected chi connectivity index (χ4v) is 1.36. The summed E-state index contributed by atoms with van der Waals surface area (Å²) in [7, 11) is 3.85. The summed E-state index contributed by atoms with van der Waals surface area (Å²) >= 11 is 5.80. The van der Waals surface area contributed by atoms with Crippen LogP contribution in [0.3, 0.4) is 0 Å². The average molecular weight is 200 g/mol. The Kier molecular flexibility index (Phi) is 3.72. The van der Waals surface area contributed by atoms with Crippen LogP contribution in [0.5, 0.6) is 0 Å². The zero-order chi connectivity index (χ0) is 9.84. The van der Waals surface area contributed by atoms with Gasteiger partial charge in [0.2, 0.25) is 0 Å². The first-order valence-corrected chi connectivity index (χ1v) is 4.55. The Morgan fingerprint density at radius 3 is 2.69 bits per heavy atom. The van der Waals surface area contributed by atoms with Crippen LogP contribution in [0.1, 0.15) is 11.7 Å². The van der Waals surface area contributed by atoms with E-state index in [0.29, 0.717) is 11.6 Å². The molecule has 72 valence electrons. The molecule has 0 aliphatic heterocycles. The molecule has 0 heterocycles. The third-order valence-electron chi connectivity index (χ3n) is 1.77. The Balaban J connectivity index is 2.71. The molecule has 0 aliphatic rings. The Morgan fingerprint density at radius 2 is 2.15 bits per heavy atom. The number of benzene rings is 1. The maximum atomic E-state index is 9.72. The van der Waals surface area contributed by atoms with Crippen molar-refractivity contribution in [1.82, 2.24) is 4.90 Å². The lowest BCUT2D eigenvalue weighted by molar-refractivity contribution is 0.138. The number of aliphatic hydroxyl groups excluding tert-OH is 1. The summed E-state index contributed by atoms with van der Waals surface area (Å²) in [6.45, 7) is 0.611. The molecule has 0 spiro atoms. The minimum Gasteiger partial charge on any atom is -0.387 e. The quantitative estimate of drug-likeness (QED) is 0.805. The van der Waals surface area contributed by atoms with Crippen LogP contribution in [0.4, 0.5) is 0 Å². The van der Waals surface area contributed by atoms with Gasteiger partial charge in [-0.3, -0.25) is 0 Å². The first kappa shape index (κ1) is 10.5. The highest BCUT2D eigenvalue weighted by Gasteiger charge is 2.08. The Bertz CT molecular complexity index is 275. The van der Waals surface area contributed by atoms with Crippen molar-refractivity contribution < 1.29 is 5.11 Å². The van der Waals surface area contributed by atoms with Gasteiger partial charge in [0, 0.05) is 11.6 Å². The van der Waals surface area contributed by atoms with Gasteiger partial charge in [-0.1, -0.05) is 23.7 Å². The second-order valence-electron chi connectivity index (χ2n) is 3.33. The van der Waals surface area contributed by atoms with E-state index < -0.39 is 6.10 Å². The van der Waals surface area contributed by atoms with Crippen LogP contribution >= 0.6 is 11.6 Å². The van der Waals surface area contributed by atoms with Gasteiger partial charge in [-0.15, -0.1) is 0 Å². The first-order chi connectivity index (χ1) is 6.09. The van der Waals surface area contributed by atoms with Gasteiger partial charge >= 0.3 is 0 Å². The molecule has 0 radical (unpaired) electrons. The Labute approximate surface area is 83.7 Å². The fraction of sp³-hybridized carbons (Fsp3) is 0.400. The second kappa shape index (κ2) is 4.61. The normalized spacial score (nSPS) is 13.3. The fourth-order valence-electron chi connectivity index (χ4n) is 1.17. The summed E-state index contributed by atoms with van der Waals surface area (Å²) in [6.07, 6.45) is -0.464. The van der Waals surface area contributed by atoms with Crippen molar-refractivity contribution in [3.8, 4) is 0 Å². The van der Waals surface area contributed by atoms with Crippen molar-refractivity contribution in [2.45, 2.75) is 6.10 Å². The van der Waals surface area contributed by atoms with E-state index >= 15 is 0 Å². The number of likely N-dealkylation sites (N-methyl/N-ethyl adjacent to an activating group) is 1. The molecular formula is C10H14ClNO. The number of halogens is 1. The lowest BCUT2D eigenvalue weighted by Crippen LogP contribution is -2.19. The van der Waals surface area contributed by atoms with Crippen molar-refractivity contribution >= 4 is 11.6 Å². The molecule has 0 aliphatic carbocycles. The summed E-state index contributed by atoms with van der Waals surface area (Å²) in [5.74, 6) is 0. The number of nitrogens with zero attached hydrogens (tertiary/aromatic N) is 1. The first-order valence-electron chi connectivity index (χ1n) is 4.18. The molecule has 0 fully saturated rings. The summed E-state index contributed by atoms with van der Waals surface area (Å²) in [6, 6.07) is 7.31. The third-order valence-corrected chi connectivity index (χ3v) is 2.01. The van der Waals surface area contributed by atoms with Gasteiger partial charge in [0.25, 0.3) is 0 Å². The second-order valence-corrected chi connectivity index (χ2v) is 3.77. The number of hydrogen-bond acceptors (Lipinski definition) is 2. The van der Waals surface area contributed by atoms with E-state index in [1.54, 1.807) is 12.1 Å². The van der Waals surface area contributed by atoms with E-state index in [9.17, 15) is 5.11 Å². The van der Waals surface area contributed by atoms with Crippen LogP contribution in [0.15, 0.2) is 24.3 Å². The predicted molar refractivity (Wildman–Crippen MR) is 55.0 cm³/mol. The molecule has 13 heavy (non-hydrogen) atoms. The van der Waals surface area contributed by atoms with Gasteiger partial charge < -0.3 is 10.0 Å². The number of rotatable bonds is 3. The maximum absolute atomic E-state index is 9.72. The lowest BCUT2D eigenvalue weighted by atomic mass is 10.1. The van der Waals surface area contributed by atoms with Crippen LogP contribution in [0.2, 0.25) is 5.02 Å². The minimum atomic E-state index is -0.464. The van der Waals surface area contributed by atoms with Gasteiger partial charge in [0.15, 0.2) is 0 Å². The van der Waals surface area contributed by atoms with E-state index in [1.807, 2.05) is 31.1 Å². The lowest BCUT2D eigenvalue weighted by Gasteiger charge is -2.16. The molecule has 3 heteroatoms.